The predicted octanol–water partition coefficient (Wildman–Crippen LogP) is 3.95. The van der Waals surface area contributed by atoms with E-state index in [1.54, 1.807) is 17.8 Å². The molecule has 1 amide bonds. The molecule has 0 unspecified atom stereocenters. The molecule has 0 saturated heterocycles. The molecule has 144 valence electrons. The van der Waals surface area contributed by atoms with Gasteiger partial charge in [0.2, 0.25) is 5.89 Å². The van der Waals surface area contributed by atoms with Crippen LogP contribution in [-0.4, -0.2) is 35.8 Å². The maximum atomic E-state index is 11.7. The minimum absolute atomic E-state index is 0.293. The molecule has 0 radical (unpaired) electrons. The van der Waals surface area contributed by atoms with Gasteiger partial charge in [0.15, 0.2) is 12.2 Å². The molecular weight excluding hydrogens is 400 g/mol. The van der Waals surface area contributed by atoms with Gasteiger partial charge >= 0.3 is 5.97 Å². The van der Waals surface area contributed by atoms with Crippen molar-refractivity contribution in [1.29, 1.82) is 0 Å². The van der Waals surface area contributed by atoms with Gasteiger partial charge in [0.25, 0.3) is 5.91 Å². The number of rotatable bonds is 8. The lowest BCUT2D eigenvalue weighted by Crippen LogP contribution is -2.30. The number of fused-ring (bicyclic) bond motifs is 1. The number of benzene rings is 2. The number of para-hydroxylation sites is 2. The summed E-state index contributed by atoms with van der Waals surface area (Å²) in [4.78, 5) is 28.7. The number of aromatic nitrogens is 1. The maximum Gasteiger partial charge on any atom is 0.331 e. The van der Waals surface area contributed by atoms with Crippen molar-refractivity contribution < 1.29 is 18.7 Å². The minimum Gasteiger partial charge on any atom is -0.452 e. The quantitative estimate of drug-likeness (QED) is 0.259. The van der Waals surface area contributed by atoms with E-state index < -0.39 is 5.97 Å². The Morgan fingerprint density at radius 1 is 1.18 bits per heavy atom. The number of halogens is 1. The molecule has 1 aromatic heterocycles. The summed E-state index contributed by atoms with van der Waals surface area (Å²) in [5.74, 6) is -0.0195. The summed E-state index contributed by atoms with van der Waals surface area (Å²) in [6.45, 7) is 0.116. The van der Waals surface area contributed by atoms with Crippen molar-refractivity contribution in [3.8, 4) is 0 Å². The molecule has 0 aliphatic heterocycles. The van der Waals surface area contributed by atoms with E-state index in [4.69, 9.17) is 20.8 Å². The zero-order chi connectivity index (χ0) is 19.8. The molecule has 6 nitrogen and oxygen atoms in total. The van der Waals surface area contributed by atoms with Crippen LogP contribution in [0.15, 0.2) is 63.9 Å². The second-order valence-electron chi connectivity index (χ2n) is 5.61. The second-order valence-corrected chi connectivity index (χ2v) is 7.22. The van der Waals surface area contributed by atoms with Gasteiger partial charge in [-0.2, -0.15) is 0 Å². The number of carbonyl (C=O) groups excluding carboxylic acids is 2. The number of carbonyl (C=O) groups is 2. The van der Waals surface area contributed by atoms with E-state index in [1.807, 2.05) is 42.5 Å². The van der Waals surface area contributed by atoms with Crippen LogP contribution in [0.2, 0.25) is 5.02 Å². The molecule has 1 heterocycles. The fraction of sp³-hybridized carbons (Fsp3) is 0.150. The number of esters is 1. The van der Waals surface area contributed by atoms with Crippen LogP contribution in [0.5, 0.6) is 0 Å². The number of ether oxygens (including phenoxy) is 1. The van der Waals surface area contributed by atoms with E-state index in [-0.39, 0.29) is 12.5 Å². The maximum absolute atomic E-state index is 11.7. The normalized spacial score (nSPS) is 11.0. The van der Waals surface area contributed by atoms with Crippen LogP contribution in [0.3, 0.4) is 0 Å². The Kier molecular flexibility index (Phi) is 7.11. The van der Waals surface area contributed by atoms with Crippen molar-refractivity contribution >= 4 is 52.4 Å². The number of oxazole rings is 1. The third-order valence-electron chi connectivity index (χ3n) is 3.52. The molecule has 0 aliphatic carbocycles. The van der Waals surface area contributed by atoms with Gasteiger partial charge in [-0.05, 0) is 36.4 Å². The minimum atomic E-state index is -0.645. The lowest BCUT2D eigenvalue weighted by Gasteiger charge is -2.05. The first-order valence-electron chi connectivity index (χ1n) is 8.45. The molecule has 3 aromatic rings. The van der Waals surface area contributed by atoms with Crippen LogP contribution in [-0.2, 0) is 14.3 Å². The fourth-order valence-electron chi connectivity index (χ4n) is 2.23. The number of nitrogens with zero attached hydrogens (tertiary/aromatic N) is 1. The summed E-state index contributed by atoms with van der Waals surface area (Å²) >= 11 is 7.42. The zero-order valence-electron chi connectivity index (χ0n) is 14.8. The topological polar surface area (TPSA) is 81.4 Å². The van der Waals surface area contributed by atoms with E-state index in [1.165, 1.54) is 12.2 Å². The highest BCUT2D eigenvalue weighted by Gasteiger charge is 2.06. The highest BCUT2D eigenvalue weighted by molar-refractivity contribution is 7.99. The van der Waals surface area contributed by atoms with Crippen molar-refractivity contribution in [2.45, 2.75) is 4.90 Å². The van der Waals surface area contributed by atoms with Crippen molar-refractivity contribution in [3.05, 3.63) is 65.5 Å². The van der Waals surface area contributed by atoms with Crippen LogP contribution >= 0.6 is 23.4 Å². The van der Waals surface area contributed by atoms with Crippen molar-refractivity contribution in [2.24, 2.45) is 0 Å². The molecular formula is C20H17ClN2O4S. The molecule has 0 spiro atoms. The van der Waals surface area contributed by atoms with Gasteiger partial charge in [0.1, 0.15) is 5.52 Å². The number of nitrogens with one attached hydrogen (secondary N) is 1. The lowest BCUT2D eigenvalue weighted by molar-refractivity contribution is -0.143. The highest BCUT2D eigenvalue weighted by atomic mass is 35.5. The summed E-state index contributed by atoms with van der Waals surface area (Å²) in [7, 11) is 0. The third-order valence-corrected chi connectivity index (χ3v) is 4.79. The van der Waals surface area contributed by atoms with Crippen molar-refractivity contribution in [2.75, 3.05) is 18.9 Å². The van der Waals surface area contributed by atoms with Gasteiger partial charge in [-0.3, -0.25) is 4.79 Å². The van der Waals surface area contributed by atoms with Crippen LogP contribution < -0.4 is 5.32 Å². The summed E-state index contributed by atoms with van der Waals surface area (Å²) in [6, 6.07) is 14.7. The van der Waals surface area contributed by atoms with Gasteiger partial charge in [0, 0.05) is 34.4 Å². The Balaban J connectivity index is 1.34. The van der Waals surface area contributed by atoms with Crippen LogP contribution in [0.1, 0.15) is 5.89 Å². The first kappa shape index (κ1) is 20.0. The number of thioether (sulfide) groups is 1. The summed E-state index contributed by atoms with van der Waals surface area (Å²) in [6.07, 6.45) is 2.58. The van der Waals surface area contributed by atoms with E-state index in [0.29, 0.717) is 34.3 Å². The van der Waals surface area contributed by atoms with E-state index in [9.17, 15) is 9.59 Å². The van der Waals surface area contributed by atoms with Crippen LogP contribution in [0, 0.1) is 0 Å². The van der Waals surface area contributed by atoms with Crippen molar-refractivity contribution in [1.82, 2.24) is 10.3 Å². The van der Waals surface area contributed by atoms with Gasteiger partial charge < -0.3 is 14.5 Å². The first-order valence-corrected chi connectivity index (χ1v) is 9.82. The van der Waals surface area contributed by atoms with Gasteiger partial charge in [-0.25, -0.2) is 9.78 Å². The molecule has 3 rings (SSSR count). The molecule has 2 aromatic carbocycles. The standard InChI is InChI=1S/C20H17ClN2O4S/c21-14-5-7-15(8-6-14)28-12-11-22-18(24)13-26-20(25)10-9-19-23-16-3-1-2-4-17(16)27-19/h1-10H,11-13H2,(H,22,24)/b10-9+. The Hall–Kier alpha value is -2.77. The Morgan fingerprint density at radius 2 is 1.96 bits per heavy atom. The van der Waals surface area contributed by atoms with Gasteiger partial charge in [-0.15, -0.1) is 11.8 Å². The van der Waals surface area contributed by atoms with Gasteiger partial charge in [0.05, 0.1) is 0 Å². The SMILES string of the molecule is O=C(COC(=O)/C=C/c1nc2ccccc2o1)NCCSc1ccc(Cl)cc1. The van der Waals surface area contributed by atoms with Crippen LogP contribution in [0.4, 0.5) is 0 Å². The fourth-order valence-corrected chi connectivity index (χ4v) is 3.12. The van der Waals surface area contributed by atoms with E-state index >= 15 is 0 Å². The second kappa shape index (κ2) is 9.96. The summed E-state index contributed by atoms with van der Waals surface area (Å²) in [5.41, 5.74) is 1.33. The number of hydrogen-bond acceptors (Lipinski definition) is 6. The zero-order valence-corrected chi connectivity index (χ0v) is 16.3. The van der Waals surface area contributed by atoms with Crippen molar-refractivity contribution in [3.63, 3.8) is 0 Å². The molecule has 8 heteroatoms. The van der Waals surface area contributed by atoms with E-state index in [2.05, 4.69) is 10.3 Å². The molecule has 0 bridgehead atoms. The Bertz CT molecular complexity index is 952. The average Bonchev–Trinajstić information content (AvgIpc) is 3.12. The lowest BCUT2D eigenvalue weighted by atomic mass is 10.3. The predicted molar refractivity (Wildman–Crippen MR) is 109 cm³/mol. The first-order chi connectivity index (χ1) is 13.6. The molecule has 0 saturated carbocycles. The smallest absolute Gasteiger partial charge is 0.331 e. The third kappa shape index (κ3) is 6.14. The number of amides is 1. The number of hydrogen-bond donors (Lipinski definition) is 1. The Morgan fingerprint density at radius 3 is 2.75 bits per heavy atom. The van der Waals surface area contributed by atoms with Gasteiger partial charge in [-0.1, -0.05) is 23.7 Å². The largest absolute Gasteiger partial charge is 0.452 e. The Labute approximate surface area is 170 Å². The molecule has 1 N–H and O–H groups in total. The molecule has 0 aliphatic rings. The highest BCUT2D eigenvalue weighted by Crippen LogP contribution is 2.19. The molecule has 0 atom stereocenters. The average molecular weight is 417 g/mol. The monoisotopic (exact) mass is 416 g/mol. The molecule has 0 fully saturated rings. The van der Waals surface area contributed by atoms with Crippen LogP contribution in [0.25, 0.3) is 17.2 Å². The summed E-state index contributed by atoms with van der Waals surface area (Å²) in [5, 5.41) is 3.38. The summed E-state index contributed by atoms with van der Waals surface area (Å²) < 4.78 is 10.4. The van der Waals surface area contributed by atoms with E-state index in [0.717, 1.165) is 4.90 Å². The molecule has 28 heavy (non-hydrogen) atoms.